The van der Waals surface area contributed by atoms with E-state index in [1.54, 1.807) is 12.1 Å². The first-order valence-corrected chi connectivity index (χ1v) is 8.30. The van der Waals surface area contributed by atoms with Gasteiger partial charge < -0.3 is 5.32 Å². The van der Waals surface area contributed by atoms with Crippen LogP contribution in [-0.4, -0.2) is 22.5 Å². The summed E-state index contributed by atoms with van der Waals surface area (Å²) in [5.74, 6) is 0. The summed E-state index contributed by atoms with van der Waals surface area (Å²) in [6.45, 7) is 0. The van der Waals surface area contributed by atoms with Crippen LogP contribution in [0.5, 0.6) is 0 Å². The summed E-state index contributed by atoms with van der Waals surface area (Å²) >= 11 is 0. The van der Waals surface area contributed by atoms with Crippen LogP contribution in [0, 0.1) is 0 Å². The van der Waals surface area contributed by atoms with Crippen LogP contribution in [0.3, 0.4) is 0 Å². The Bertz CT molecular complexity index is 684. The minimum atomic E-state index is -3.44. The van der Waals surface area contributed by atoms with E-state index in [0.29, 0.717) is 11.3 Å². The lowest BCUT2D eigenvalue weighted by molar-refractivity contribution is 0.573. The summed E-state index contributed by atoms with van der Waals surface area (Å²) in [6.07, 6.45) is 0.609. The highest BCUT2D eigenvalue weighted by Crippen LogP contribution is 2.22. The van der Waals surface area contributed by atoms with Crippen molar-refractivity contribution in [2.24, 2.45) is 0 Å². The van der Waals surface area contributed by atoms with Gasteiger partial charge in [-0.25, -0.2) is 13.1 Å². The molecule has 21 heavy (non-hydrogen) atoms. The molecule has 0 aliphatic rings. The van der Waals surface area contributed by atoms with Gasteiger partial charge in [-0.15, -0.1) is 0 Å². The fraction of sp³-hybridized carbons (Fsp3) is 0.250. The molecular weight excluding hydrogens is 284 g/mol. The van der Waals surface area contributed by atoms with E-state index in [1.165, 1.54) is 7.05 Å². The topological polar surface area (TPSA) is 58.2 Å². The van der Waals surface area contributed by atoms with Crippen molar-refractivity contribution in [1.82, 2.24) is 10.0 Å². The second-order valence-electron chi connectivity index (χ2n) is 4.77. The smallest absolute Gasteiger partial charge is 0.240 e. The average Bonchev–Trinajstić information content (AvgIpc) is 2.53. The lowest BCUT2D eigenvalue weighted by Crippen LogP contribution is -2.23. The molecule has 0 bridgehead atoms. The van der Waals surface area contributed by atoms with Crippen molar-refractivity contribution < 1.29 is 8.42 Å². The number of nitrogens with one attached hydrogen (secondary N) is 2. The molecule has 0 heterocycles. The normalized spacial score (nSPS) is 13.0. The van der Waals surface area contributed by atoms with Gasteiger partial charge in [0, 0.05) is 6.04 Å². The quantitative estimate of drug-likeness (QED) is 0.859. The summed E-state index contributed by atoms with van der Waals surface area (Å²) in [5, 5.41) is 3.25. The van der Waals surface area contributed by atoms with Gasteiger partial charge in [-0.1, -0.05) is 48.5 Å². The molecule has 2 N–H and O–H groups in total. The van der Waals surface area contributed by atoms with Gasteiger partial charge in [0.15, 0.2) is 0 Å². The van der Waals surface area contributed by atoms with E-state index in [-0.39, 0.29) is 6.04 Å². The van der Waals surface area contributed by atoms with Gasteiger partial charge in [0.25, 0.3) is 0 Å². The molecule has 2 rings (SSSR count). The highest BCUT2D eigenvalue weighted by molar-refractivity contribution is 7.89. The van der Waals surface area contributed by atoms with Gasteiger partial charge in [0.05, 0.1) is 4.90 Å². The third-order valence-electron chi connectivity index (χ3n) is 3.51. The van der Waals surface area contributed by atoms with Crippen LogP contribution < -0.4 is 10.0 Å². The predicted molar refractivity (Wildman–Crippen MR) is 84.6 cm³/mol. The van der Waals surface area contributed by atoms with Crippen molar-refractivity contribution >= 4 is 10.0 Å². The van der Waals surface area contributed by atoms with E-state index in [9.17, 15) is 8.42 Å². The highest BCUT2D eigenvalue weighted by atomic mass is 32.2. The summed E-state index contributed by atoms with van der Waals surface area (Å²) in [7, 11) is -0.131. The fourth-order valence-electron chi connectivity index (χ4n) is 2.34. The first kappa shape index (κ1) is 15.7. The summed E-state index contributed by atoms with van der Waals surface area (Å²) < 4.78 is 26.6. The van der Waals surface area contributed by atoms with E-state index in [0.717, 1.165) is 11.1 Å². The Hall–Kier alpha value is -1.69. The molecule has 1 unspecified atom stereocenters. The zero-order valence-corrected chi connectivity index (χ0v) is 13.0. The largest absolute Gasteiger partial charge is 0.313 e. The SMILES string of the molecule is CNC(Cc1ccccc1S(=O)(=O)NC)c1ccccc1. The Morgan fingerprint density at radius 1 is 0.952 bits per heavy atom. The highest BCUT2D eigenvalue weighted by Gasteiger charge is 2.19. The molecule has 0 saturated heterocycles. The molecule has 5 heteroatoms. The predicted octanol–water partition coefficient (Wildman–Crippen LogP) is 2.10. The Morgan fingerprint density at radius 2 is 1.57 bits per heavy atom. The lowest BCUT2D eigenvalue weighted by atomic mass is 9.99. The number of hydrogen-bond acceptors (Lipinski definition) is 3. The Labute approximate surface area is 126 Å². The Morgan fingerprint density at radius 3 is 2.19 bits per heavy atom. The summed E-state index contributed by atoms with van der Waals surface area (Å²) in [4.78, 5) is 0.337. The Balaban J connectivity index is 2.35. The summed E-state index contributed by atoms with van der Waals surface area (Å²) in [6, 6.07) is 17.2. The van der Waals surface area contributed by atoms with Crippen LogP contribution in [0.1, 0.15) is 17.2 Å². The molecule has 2 aromatic carbocycles. The molecule has 0 fully saturated rings. The van der Waals surface area contributed by atoms with Gasteiger partial charge in [-0.2, -0.15) is 0 Å². The van der Waals surface area contributed by atoms with Crippen LogP contribution >= 0.6 is 0 Å². The summed E-state index contributed by atoms with van der Waals surface area (Å²) in [5.41, 5.74) is 1.94. The molecular formula is C16H20N2O2S. The van der Waals surface area contributed by atoms with E-state index in [4.69, 9.17) is 0 Å². The van der Waals surface area contributed by atoms with Crippen LogP contribution in [0.15, 0.2) is 59.5 Å². The van der Waals surface area contributed by atoms with Crippen LogP contribution in [0.25, 0.3) is 0 Å². The van der Waals surface area contributed by atoms with E-state index >= 15 is 0 Å². The number of rotatable bonds is 6. The number of sulfonamides is 1. The van der Waals surface area contributed by atoms with Crippen molar-refractivity contribution in [3.05, 3.63) is 65.7 Å². The Kier molecular flexibility index (Phi) is 5.12. The second kappa shape index (κ2) is 6.85. The van der Waals surface area contributed by atoms with Gasteiger partial charge in [-0.3, -0.25) is 0 Å². The van der Waals surface area contributed by atoms with Crippen molar-refractivity contribution in [3.8, 4) is 0 Å². The van der Waals surface area contributed by atoms with Crippen molar-refractivity contribution in [2.75, 3.05) is 14.1 Å². The third-order valence-corrected chi connectivity index (χ3v) is 5.02. The molecule has 112 valence electrons. The molecule has 0 amide bonds. The molecule has 2 aromatic rings. The fourth-order valence-corrected chi connectivity index (χ4v) is 3.31. The van der Waals surface area contributed by atoms with Crippen molar-refractivity contribution in [2.45, 2.75) is 17.4 Å². The maximum absolute atomic E-state index is 12.1. The monoisotopic (exact) mass is 304 g/mol. The maximum atomic E-state index is 12.1. The second-order valence-corrected chi connectivity index (χ2v) is 6.63. The number of benzene rings is 2. The molecule has 1 atom stereocenters. The zero-order chi connectivity index (χ0) is 15.3. The molecule has 0 aliphatic heterocycles. The lowest BCUT2D eigenvalue weighted by Gasteiger charge is -2.18. The molecule has 0 aliphatic carbocycles. The molecule has 0 radical (unpaired) electrons. The maximum Gasteiger partial charge on any atom is 0.240 e. The van der Waals surface area contributed by atoms with Gasteiger partial charge >= 0.3 is 0 Å². The molecule has 0 saturated carbocycles. The molecule has 4 nitrogen and oxygen atoms in total. The minimum Gasteiger partial charge on any atom is -0.313 e. The average molecular weight is 304 g/mol. The zero-order valence-electron chi connectivity index (χ0n) is 12.2. The van der Waals surface area contributed by atoms with Crippen LogP contribution in [0.2, 0.25) is 0 Å². The van der Waals surface area contributed by atoms with Crippen molar-refractivity contribution in [1.29, 1.82) is 0 Å². The van der Waals surface area contributed by atoms with E-state index in [2.05, 4.69) is 10.0 Å². The van der Waals surface area contributed by atoms with Crippen molar-refractivity contribution in [3.63, 3.8) is 0 Å². The van der Waals surface area contributed by atoms with E-state index < -0.39 is 10.0 Å². The van der Waals surface area contributed by atoms with Gasteiger partial charge in [0.2, 0.25) is 10.0 Å². The molecule has 0 spiro atoms. The third kappa shape index (κ3) is 3.69. The first-order valence-electron chi connectivity index (χ1n) is 6.82. The number of hydrogen-bond donors (Lipinski definition) is 2. The van der Waals surface area contributed by atoms with E-state index in [1.807, 2.05) is 49.5 Å². The minimum absolute atomic E-state index is 0.0689. The number of likely N-dealkylation sites (N-methyl/N-ethyl adjacent to an activating group) is 1. The van der Waals surface area contributed by atoms with Crippen LogP contribution in [-0.2, 0) is 16.4 Å². The van der Waals surface area contributed by atoms with Crippen LogP contribution in [0.4, 0.5) is 0 Å². The van der Waals surface area contributed by atoms with Gasteiger partial charge in [0.1, 0.15) is 0 Å². The standard InChI is InChI=1S/C16H20N2O2S/c1-17-15(13-8-4-3-5-9-13)12-14-10-6-7-11-16(14)21(19,20)18-2/h3-11,15,17-18H,12H2,1-2H3. The molecule has 0 aromatic heterocycles. The first-order chi connectivity index (χ1) is 10.1. The van der Waals surface area contributed by atoms with Gasteiger partial charge in [-0.05, 0) is 37.7 Å².